The Balaban J connectivity index is 1.81. The van der Waals surface area contributed by atoms with Crippen molar-refractivity contribution in [1.82, 2.24) is 10.2 Å². The lowest BCUT2D eigenvalue weighted by molar-refractivity contribution is -0.136. The Morgan fingerprint density at radius 2 is 2.00 bits per heavy atom. The molecule has 1 saturated heterocycles. The molecule has 0 spiro atoms. The highest BCUT2D eigenvalue weighted by molar-refractivity contribution is 5.85. The summed E-state index contributed by atoms with van der Waals surface area (Å²) >= 11 is 0. The Hall–Kier alpha value is -1.06. The van der Waals surface area contributed by atoms with Crippen molar-refractivity contribution in [2.45, 2.75) is 64.3 Å². The number of amides is 2. The van der Waals surface area contributed by atoms with Gasteiger partial charge in [0.25, 0.3) is 0 Å². The molecule has 2 fully saturated rings. The van der Waals surface area contributed by atoms with E-state index in [-0.39, 0.29) is 18.4 Å². The molecule has 19 heavy (non-hydrogen) atoms. The molecule has 2 atom stereocenters. The molecule has 2 unspecified atom stereocenters. The zero-order valence-corrected chi connectivity index (χ0v) is 12.0. The predicted molar refractivity (Wildman–Crippen MR) is 74.6 cm³/mol. The first-order chi connectivity index (χ1) is 9.16. The van der Waals surface area contributed by atoms with Crippen LogP contribution in [-0.2, 0) is 9.59 Å². The smallest absolute Gasteiger partial charge is 0.239 e. The maximum absolute atomic E-state index is 12.1. The summed E-state index contributed by atoms with van der Waals surface area (Å²) in [6, 6.07) is 0.309. The Kier molecular flexibility index (Phi) is 5.23. The molecule has 0 bridgehead atoms. The van der Waals surface area contributed by atoms with Crippen molar-refractivity contribution < 1.29 is 9.59 Å². The van der Waals surface area contributed by atoms with E-state index in [1.807, 2.05) is 0 Å². The van der Waals surface area contributed by atoms with Crippen molar-refractivity contribution in [1.29, 1.82) is 0 Å². The van der Waals surface area contributed by atoms with Gasteiger partial charge in [0.15, 0.2) is 0 Å². The molecule has 1 heterocycles. The summed E-state index contributed by atoms with van der Waals surface area (Å²) in [7, 11) is 0. The second-order valence-corrected chi connectivity index (χ2v) is 6.06. The summed E-state index contributed by atoms with van der Waals surface area (Å²) in [6.45, 7) is 3.20. The van der Waals surface area contributed by atoms with E-state index in [1.165, 1.54) is 19.3 Å². The third kappa shape index (κ3) is 4.22. The molecule has 0 aromatic heterocycles. The lowest BCUT2D eigenvalue weighted by Gasteiger charge is -2.30. The minimum absolute atomic E-state index is 0.0222. The van der Waals surface area contributed by atoms with Crippen molar-refractivity contribution in [2.75, 3.05) is 13.1 Å². The first-order valence-corrected chi connectivity index (χ1v) is 7.74. The van der Waals surface area contributed by atoms with Crippen LogP contribution in [0.2, 0.25) is 0 Å². The highest BCUT2D eigenvalue weighted by Crippen LogP contribution is 2.23. The van der Waals surface area contributed by atoms with Crippen molar-refractivity contribution in [2.24, 2.45) is 5.92 Å². The van der Waals surface area contributed by atoms with Crippen LogP contribution >= 0.6 is 0 Å². The van der Waals surface area contributed by atoms with Gasteiger partial charge in [-0.3, -0.25) is 9.59 Å². The maximum atomic E-state index is 12.1. The zero-order valence-electron chi connectivity index (χ0n) is 12.0. The topological polar surface area (TPSA) is 49.4 Å². The van der Waals surface area contributed by atoms with Gasteiger partial charge in [-0.1, -0.05) is 26.2 Å². The van der Waals surface area contributed by atoms with E-state index in [9.17, 15) is 9.59 Å². The number of carbonyl (C=O) groups excluding carboxylic acids is 2. The van der Waals surface area contributed by atoms with Crippen molar-refractivity contribution >= 4 is 11.8 Å². The standard InChI is InChI=1S/C15H26N2O2/c1-12-7-4-5-8-13(12)16-14(18)11-17-10-6-2-3-9-15(17)19/h12-13H,2-11H2,1H3,(H,16,18). The molecule has 1 N–H and O–H groups in total. The molecule has 4 nitrogen and oxygen atoms in total. The molecule has 1 saturated carbocycles. The van der Waals surface area contributed by atoms with Crippen LogP contribution in [0.1, 0.15) is 58.3 Å². The second-order valence-electron chi connectivity index (χ2n) is 6.06. The molecule has 0 radical (unpaired) electrons. The predicted octanol–water partition coefficient (Wildman–Crippen LogP) is 2.08. The maximum Gasteiger partial charge on any atom is 0.239 e. The number of carbonyl (C=O) groups is 2. The van der Waals surface area contributed by atoms with Gasteiger partial charge in [0, 0.05) is 19.0 Å². The highest BCUT2D eigenvalue weighted by atomic mass is 16.2. The van der Waals surface area contributed by atoms with Gasteiger partial charge in [-0.15, -0.1) is 0 Å². The normalized spacial score (nSPS) is 28.9. The molecular weight excluding hydrogens is 240 g/mol. The molecule has 2 aliphatic rings. The third-order valence-electron chi connectivity index (χ3n) is 4.46. The average Bonchev–Trinajstić information content (AvgIpc) is 2.58. The minimum atomic E-state index is 0.0222. The average molecular weight is 266 g/mol. The van der Waals surface area contributed by atoms with Crippen molar-refractivity contribution in [3.8, 4) is 0 Å². The van der Waals surface area contributed by atoms with Gasteiger partial charge < -0.3 is 10.2 Å². The molecule has 4 heteroatoms. The lowest BCUT2D eigenvalue weighted by atomic mass is 9.86. The third-order valence-corrected chi connectivity index (χ3v) is 4.46. The summed E-state index contributed by atoms with van der Waals surface area (Å²) in [5.74, 6) is 0.732. The van der Waals surface area contributed by atoms with Crippen LogP contribution in [0.4, 0.5) is 0 Å². The number of hydrogen-bond acceptors (Lipinski definition) is 2. The van der Waals surface area contributed by atoms with Gasteiger partial charge in [0.2, 0.25) is 11.8 Å². The molecule has 0 aromatic rings. The van der Waals surface area contributed by atoms with Crippen LogP contribution in [0.15, 0.2) is 0 Å². The number of nitrogens with zero attached hydrogens (tertiary/aromatic N) is 1. The Labute approximate surface area is 115 Å². The fourth-order valence-corrected chi connectivity index (χ4v) is 3.16. The van der Waals surface area contributed by atoms with Crippen molar-refractivity contribution in [3.63, 3.8) is 0 Å². The molecule has 108 valence electrons. The molecule has 2 amide bonds. The van der Waals surface area contributed by atoms with Crippen LogP contribution in [0.3, 0.4) is 0 Å². The molecular formula is C15H26N2O2. The zero-order chi connectivity index (χ0) is 13.7. The van der Waals surface area contributed by atoms with E-state index in [0.717, 1.165) is 32.2 Å². The van der Waals surface area contributed by atoms with Gasteiger partial charge in [-0.2, -0.15) is 0 Å². The summed E-state index contributed by atoms with van der Waals surface area (Å²) < 4.78 is 0. The lowest BCUT2D eigenvalue weighted by Crippen LogP contribution is -2.46. The van der Waals surface area contributed by atoms with E-state index in [2.05, 4.69) is 12.2 Å². The first kappa shape index (κ1) is 14.4. The largest absolute Gasteiger partial charge is 0.352 e. The van der Waals surface area contributed by atoms with Gasteiger partial charge in [0.1, 0.15) is 0 Å². The van der Waals surface area contributed by atoms with Crippen molar-refractivity contribution in [3.05, 3.63) is 0 Å². The molecule has 2 rings (SSSR count). The molecule has 0 aromatic carbocycles. The van der Waals surface area contributed by atoms with Crippen LogP contribution in [-0.4, -0.2) is 35.8 Å². The van der Waals surface area contributed by atoms with Gasteiger partial charge in [-0.25, -0.2) is 0 Å². The molecule has 1 aliphatic heterocycles. The summed E-state index contributed by atoms with van der Waals surface area (Å²) in [5, 5.41) is 3.12. The molecule has 1 aliphatic carbocycles. The van der Waals surface area contributed by atoms with E-state index in [1.54, 1.807) is 4.90 Å². The minimum Gasteiger partial charge on any atom is -0.352 e. The van der Waals surface area contributed by atoms with E-state index in [0.29, 0.717) is 18.4 Å². The van der Waals surface area contributed by atoms with E-state index >= 15 is 0 Å². The van der Waals surface area contributed by atoms with Crippen LogP contribution in [0, 0.1) is 5.92 Å². The second kappa shape index (κ2) is 6.92. The van der Waals surface area contributed by atoms with Gasteiger partial charge in [0.05, 0.1) is 6.54 Å². The Morgan fingerprint density at radius 3 is 2.79 bits per heavy atom. The summed E-state index contributed by atoms with van der Waals surface area (Å²) in [4.78, 5) is 25.7. The van der Waals surface area contributed by atoms with Gasteiger partial charge >= 0.3 is 0 Å². The Bertz CT molecular complexity index is 330. The summed E-state index contributed by atoms with van der Waals surface area (Å²) in [5.41, 5.74) is 0. The van der Waals surface area contributed by atoms with E-state index in [4.69, 9.17) is 0 Å². The first-order valence-electron chi connectivity index (χ1n) is 7.74. The summed E-state index contributed by atoms with van der Waals surface area (Å²) in [6.07, 6.45) is 8.47. The quantitative estimate of drug-likeness (QED) is 0.850. The number of rotatable bonds is 3. The SMILES string of the molecule is CC1CCCCC1NC(=O)CN1CCCCCC1=O. The van der Waals surface area contributed by atoms with Gasteiger partial charge in [-0.05, 0) is 31.6 Å². The number of likely N-dealkylation sites (tertiary alicyclic amines) is 1. The van der Waals surface area contributed by atoms with Crippen LogP contribution in [0.5, 0.6) is 0 Å². The van der Waals surface area contributed by atoms with Crippen LogP contribution < -0.4 is 5.32 Å². The van der Waals surface area contributed by atoms with E-state index < -0.39 is 0 Å². The Morgan fingerprint density at radius 1 is 1.21 bits per heavy atom. The fraction of sp³-hybridized carbons (Fsp3) is 0.867. The fourth-order valence-electron chi connectivity index (χ4n) is 3.16. The monoisotopic (exact) mass is 266 g/mol. The highest BCUT2D eigenvalue weighted by Gasteiger charge is 2.25. The van der Waals surface area contributed by atoms with Crippen LogP contribution in [0.25, 0.3) is 0 Å². The number of hydrogen-bond donors (Lipinski definition) is 1. The number of nitrogens with one attached hydrogen (secondary N) is 1.